The number of morpholine rings is 2. The number of fused-ring (bicyclic) bond motifs is 1. The van der Waals surface area contributed by atoms with E-state index in [4.69, 9.17) is 19.6 Å². The average Bonchev–Trinajstić information content (AvgIpc) is 3.20. The van der Waals surface area contributed by atoms with Crippen molar-refractivity contribution in [1.29, 1.82) is 0 Å². The molecule has 3 aromatic rings. The number of imidazole rings is 1. The molecule has 0 amide bonds. The molecule has 10 nitrogen and oxygen atoms in total. The predicted molar refractivity (Wildman–Crippen MR) is 138 cm³/mol. The Hall–Kier alpha value is -3.28. The maximum absolute atomic E-state index is 15.0. The molecular weight excluding hydrogens is 463 g/mol. The number of nitrogens with one attached hydrogen (secondary N) is 1. The molecule has 11 heteroatoms. The van der Waals surface area contributed by atoms with Crippen molar-refractivity contribution in [2.24, 2.45) is 4.99 Å². The zero-order valence-corrected chi connectivity index (χ0v) is 21.1. The van der Waals surface area contributed by atoms with Crippen LogP contribution in [0.1, 0.15) is 11.3 Å². The number of aliphatic imine (C=N–C) groups is 1. The van der Waals surface area contributed by atoms with E-state index in [0.29, 0.717) is 61.4 Å². The zero-order chi connectivity index (χ0) is 25.1. The van der Waals surface area contributed by atoms with Gasteiger partial charge < -0.3 is 24.6 Å². The van der Waals surface area contributed by atoms with Crippen LogP contribution in [0.3, 0.4) is 0 Å². The summed E-state index contributed by atoms with van der Waals surface area (Å²) in [6.45, 7) is 8.10. The highest BCUT2D eigenvalue weighted by molar-refractivity contribution is 5.77. The van der Waals surface area contributed by atoms with Crippen LogP contribution in [0.5, 0.6) is 0 Å². The number of ether oxygens (including phenoxy) is 2. The van der Waals surface area contributed by atoms with Crippen molar-refractivity contribution >= 4 is 35.0 Å². The third kappa shape index (κ3) is 5.28. The topological polar surface area (TPSA) is 82.8 Å². The molecule has 2 fully saturated rings. The Balaban J connectivity index is 1.55. The largest absolute Gasteiger partial charge is 0.379 e. The second kappa shape index (κ2) is 10.8. The normalized spacial score (nSPS) is 17.3. The lowest BCUT2D eigenvalue weighted by Crippen LogP contribution is -2.37. The standard InChI is InChI=1S/C25H33FN8O2/c1-18-24(29-21-6-4-5-20(26)19(21)16-32-7-11-35-12-8-32)34-25(28-18)22(27-17-31(2)3)15-23(30-34)33-9-13-36-14-10-33/h4-6,15,17,29H,7-14,16H2,1-3H3. The highest BCUT2D eigenvalue weighted by Crippen LogP contribution is 2.32. The van der Waals surface area contributed by atoms with E-state index >= 15 is 4.39 Å². The monoisotopic (exact) mass is 496 g/mol. The third-order valence-electron chi connectivity index (χ3n) is 6.35. The summed E-state index contributed by atoms with van der Waals surface area (Å²) in [5, 5.41) is 8.38. The Labute approximate surface area is 210 Å². The molecule has 0 atom stereocenters. The van der Waals surface area contributed by atoms with Gasteiger partial charge in [0.2, 0.25) is 0 Å². The molecule has 0 radical (unpaired) electrons. The van der Waals surface area contributed by atoms with Crippen LogP contribution in [0, 0.1) is 12.7 Å². The fourth-order valence-electron chi connectivity index (χ4n) is 4.41. The number of aromatic nitrogens is 3. The molecule has 0 aliphatic carbocycles. The summed E-state index contributed by atoms with van der Waals surface area (Å²) in [7, 11) is 3.85. The summed E-state index contributed by atoms with van der Waals surface area (Å²) < 4.78 is 27.8. The van der Waals surface area contributed by atoms with Crippen molar-refractivity contribution in [2.75, 3.05) is 76.9 Å². The van der Waals surface area contributed by atoms with Crippen LogP contribution in [0.15, 0.2) is 29.3 Å². The third-order valence-corrected chi connectivity index (χ3v) is 6.35. The van der Waals surface area contributed by atoms with Crippen molar-refractivity contribution in [3.63, 3.8) is 0 Å². The number of rotatable bonds is 7. The van der Waals surface area contributed by atoms with Gasteiger partial charge in [0.15, 0.2) is 17.3 Å². The molecule has 5 rings (SSSR count). The first-order valence-corrected chi connectivity index (χ1v) is 12.3. The summed E-state index contributed by atoms with van der Waals surface area (Å²) in [4.78, 5) is 15.7. The molecule has 36 heavy (non-hydrogen) atoms. The summed E-state index contributed by atoms with van der Waals surface area (Å²) in [6.07, 6.45) is 1.75. The second-order valence-corrected chi connectivity index (χ2v) is 9.26. The number of halogens is 1. The lowest BCUT2D eigenvalue weighted by atomic mass is 10.1. The molecule has 0 unspecified atom stereocenters. The van der Waals surface area contributed by atoms with Gasteiger partial charge in [-0.1, -0.05) is 6.07 Å². The minimum absolute atomic E-state index is 0.240. The first-order chi connectivity index (χ1) is 17.5. The van der Waals surface area contributed by atoms with E-state index in [0.717, 1.165) is 37.7 Å². The Bertz CT molecular complexity index is 1230. The number of hydrogen-bond donors (Lipinski definition) is 1. The molecule has 0 saturated carbocycles. The number of aryl methyl sites for hydroxylation is 1. The van der Waals surface area contributed by atoms with Gasteiger partial charge in [0.05, 0.1) is 38.5 Å². The highest BCUT2D eigenvalue weighted by atomic mass is 19.1. The number of benzene rings is 1. The van der Waals surface area contributed by atoms with Crippen molar-refractivity contribution in [3.8, 4) is 0 Å². The minimum Gasteiger partial charge on any atom is -0.379 e. The van der Waals surface area contributed by atoms with Gasteiger partial charge in [-0.05, 0) is 19.1 Å². The first kappa shape index (κ1) is 24.4. The fraction of sp³-hybridized carbons (Fsp3) is 0.480. The fourth-order valence-corrected chi connectivity index (χ4v) is 4.41. The van der Waals surface area contributed by atoms with Gasteiger partial charge in [-0.25, -0.2) is 14.4 Å². The van der Waals surface area contributed by atoms with Crippen LogP contribution >= 0.6 is 0 Å². The van der Waals surface area contributed by atoms with E-state index in [9.17, 15) is 0 Å². The molecule has 0 bridgehead atoms. The van der Waals surface area contributed by atoms with E-state index in [2.05, 4.69) is 20.1 Å². The van der Waals surface area contributed by atoms with Crippen LogP contribution in [-0.2, 0) is 16.0 Å². The van der Waals surface area contributed by atoms with Gasteiger partial charge in [-0.15, -0.1) is 5.10 Å². The summed E-state index contributed by atoms with van der Waals surface area (Å²) in [5.74, 6) is 1.25. The maximum atomic E-state index is 15.0. The van der Waals surface area contributed by atoms with Crippen molar-refractivity contribution < 1.29 is 13.9 Å². The molecule has 1 N–H and O–H groups in total. The number of nitrogens with zero attached hydrogens (tertiary/aromatic N) is 7. The van der Waals surface area contributed by atoms with Crippen LogP contribution in [0.4, 0.5) is 27.4 Å². The Morgan fingerprint density at radius 3 is 2.56 bits per heavy atom. The van der Waals surface area contributed by atoms with Crippen molar-refractivity contribution in [3.05, 3.63) is 41.3 Å². The minimum atomic E-state index is -0.240. The van der Waals surface area contributed by atoms with Gasteiger partial charge in [-0.2, -0.15) is 4.52 Å². The van der Waals surface area contributed by atoms with Crippen LogP contribution in [-0.4, -0.2) is 97.4 Å². The van der Waals surface area contributed by atoms with E-state index in [1.54, 1.807) is 16.9 Å². The SMILES string of the molecule is Cc1nc2c(N=CN(C)C)cc(N3CCOCC3)nn2c1Nc1cccc(F)c1CN1CCOCC1. The molecule has 2 saturated heterocycles. The quantitative estimate of drug-likeness (QED) is 0.395. The molecule has 1 aromatic carbocycles. The van der Waals surface area contributed by atoms with E-state index in [1.807, 2.05) is 38.1 Å². The zero-order valence-electron chi connectivity index (χ0n) is 21.1. The van der Waals surface area contributed by atoms with Gasteiger partial charge in [0, 0.05) is 64.1 Å². The van der Waals surface area contributed by atoms with E-state index in [-0.39, 0.29) is 5.82 Å². The average molecular weight is 497 g/mol. The molecule has 192 valence electrons. The molecular formula is C25H33FN8O2. The molecule has 0 spiro atoms. The second-order valence-electron chi connectivity index (χ2n) is 9.26. The molecule has 2 aromatic heterocycles. The smallest absolute Gasteiger partial charge is 0.182 e. The maximum Gasteiger partial charge on any atom is 0.182 e. The highest BCUT2D eigenvalue weighted by Gasteiger charge is 2.21. The van der Waals surface area contributed by atoms with Gasteiger partial charge in [0.1, 0.15) is 11.5 Å². The van der Waals surface area contributed by atoms with Gasteiger partial charge in [0.25, 0.3) is 0 Å². The molecule has 2 aliphatic rings. The van der Waals surface area contributed by atoms with Crippen molar-refractivity contribution in [1.82, 2.24) is 24.4 Å². The summed E-state index contributed by atoms with van der Waals surface area (Å²) in [6, 6.07) is 7.08. The Morgan fingerprint density at radius 2 is 1.83 bits per heavy atom. The Kier molecular flexibility index (Phi) is 7.30. The summed E-state index contributed by atoms with van der Waals surface area (Å²) >= 11 is 0. The number of anilines is 3. The van der Waals surface area contributed by atoms with Gasteiger partial charge >= 0.3 is 0 Å². The summed E-state index contributed by atoms with van der Waals surface area (Å²) in [5.41, 5.74) is 3.41. The van der Waals surface area contributed by atoms with Crippen molar-refractivity contribution in [2.45, 2.75) is 13.5 Å². The van der Waals surface area contributed by atoms with Gasteiger partial charge in [-0.3, -0.25) is 4.90 Å². The first-order valence-electron chi connectivity index (χ1n) is 12.3. The van der Waals surface area contributed by atoms with E-state index in [1.165, 1.54) is 6.07 Å². The predicted octanol–water partition coefficient (Wildman–Crippen LogP) is 2.81. The molecule has 4 heterocycles. The lowest BCUT2D eigenvalue weighted by molar-refractivity contribution is 0.0338. The molecule has 2 aliphatic heterocycles. The lowest BCUT2D eigenvalue weighted by Gasteiger charge is -2.28. The van der Waals surface area contributed by atoms with E-state index < -0.39 is 0 Å². The number of hydrogen-bond acceptors (Lipinski definition) is 8. The Morgan fingerprint density at radius 1 is 1.11 bits per heavy atom. The van der Waals surface area contributed by atoms with Crippen LogP contribution in [0.25, 0.3) is 5.65 Å². The van der Waals surface area contributed by atoms with Crippen LogP contribution in [0.2, 0.25) is 0 Å². The van der Waals surface area contributed by atoms with Crippen LogP contribution < -0.4 is 10.2 Å².